The third-order valence-electron chi connectivity index (χ3n) is 3.37. The number of nitrogens with one attached hydrogen (secondary N) is 1. The third kappa shape index (κ3) is 3.88. The highest BCUT2D eigenvalue weighted by Crippen LogP contribution is 2.21. The number of amides is 1. The van der Waals surface area contributed by atoms with Gasteiger partial charge >= 0.3 is 5.97 Å². The van der Waals surface area contributed by atoms with Gasteiger partial charge in [-0.15, -0.1) is 0 Å². The Kier molecular flexibility index (Phi) is 5.00. The van der Waals surface area contributed by atoms with Gasteiger partial charge in [0.1, 0.15) is 11.3 Å². The van der Waals surface area contributed by atoms with Gasteiger partial charge in [-0.1, -0.05) is 17.3 Å². The summed E-state index contributed by atoms with van der Waals surface area (Å²) in [6.45, 7) is 3.19. The van der Waals surface area contributed by atoms with Gasteiger partial charge in [0.2, 0.25) is 5.91 Å². The van der Waals surface area contributed by atoms with Crippen LogP contribution in [0.15, 0.2) is 28.8 Å². The van der Waals surface area contributed by atoms with Crippen LogP contribution in [0.25, 0.3) is 0 Å². The summed E-state index contributed by atoms with van der Waals surface area (Å²) in [4.78, 5) is 23.4. The van der Waals surface area contributed by atoms with E-state index in [2.05, 4.69) is 10.5 Å². The molecule has 0 saturated heterocycles. The van der Waals surface area contributed by atoms with Gasteiger partial charge in [-0.3, -0.25) is 4.79 Å². The van der Waals surface area contributed by atoms with E-state index in [1.54, 1.807) is 39.2 Å². The van der Waals surface area contributed by atoms with Crippen LogP contribution in [0.4, 0.5) is 0 Å². The van der Waals surface area contributed by atoms with Crippen molar-refractivity contribution in [2.24, 2.45) is 0 Å². The Morgan fingerprint density at radius 3 is 2.83 bits per heavy atom. The lowest BCUT2D eigenvalue weighted by Crippen LogP contribution is -2.28. The van der Waals surface area contributed by atoms with Gasteiger partial charge < -0.3 is 19.7 Å². The highest BCUT2D eigenvalue weighted by molar-refractivity contribution is 5.90. The Balaban J connectivity index is 2.06. The van der Waals surface area contributed by atoms with Crippen LogP contribution in [0.5, 0.6) is 5.75 Å². The summed E-state index contributed by atoms with van der Waals surface area (Å²) in [5.74, 6) is -0.583. The van der Waals surface area contributed by atoms with E-state index in [0.29, 0.717) is 5.75 Å². The molecule has 2 N–H and O–H groups in total. The molecule has 0 aliphatic carbocycles. The molecule has 23 heavy (non-hydrogen) atoms. The van der Waals surface area contributed by atoms with Crippen molar-refractivity contribution in [1.82, 2.24) is 10.5 Å². The van der Waals surface area contributed by atoms with E-state index >= 15 is 0 Å². The summed E-state index contributed by atoms with van der Waals surface area (Å²) >= 11 is 0. The minimum absolute atomic E-state index is 0.0146. The zero-order chi connectivity index (χ0) is 17.0. The number of carboxylic acids is 1. The van der Waals surface area contributed by atoms with Crippen LogP contribution >= 0.6 is 0 Å². The fraction of sp³-hybridized carbons (Fsp3) is 0.312. The Morgan fingerprint density at radius 2 is 2.17 bits per heavy atom. The molecule has 0 saturated carbocycles. The minimum Gasteiger partial charge on any atom is -0.497 e. The number of carbonyl (C=O) groups excluding carboxylic acids is 1. The molecule has 1 amide bonds. The highest BCUT2D eigenvalue weighted by atomic mass is 16.5. The van der Waals surface area contributed by atoms with Gasteiger partial charge in [0.25, 0.3) is 0 Å². The van der Waals surface area contributed by atoms with Crippen molar-refractivity contribution in [3.05, 3.63) is 46.8 Å². The molecule has 0 bridgehead atoms. The monoisotopic (exact) mass is 318 g/mol. The number of carbonyl (C=O) groups is 2. The summed E-state index contributed by atoms with van der Waals surface area (Å²) in [6, 6.07) is 6.58. The maximum atomic E-state index is 12.1. The lowest BCUT2D eigenvalue weighted by Gasteiger charge is -2.12. The first-order valence-corrected chi connectivity index (χ1v) is 7.04. The van der Waals surface area contributed by atoms with Gasteiger partial charge in [0, 0.05) is 0 Å². The maximum Gasteiger partial charge on any atom is 0.341 e. The lowest BCUT2D eigenvalue weighted by atomic mass is 10.1. The summed E-state index contributed by atoms with van der Waals surface area (Å²) in [7, 11) is 1.56. The Bertz CT molecular complexity index is 723. The maximum absolute atomic E-state index is 12.1. The average Bonchev–Trinajstić information content (AvgIpc) is 2.89. The first-order valence-electron chi connectivity index (χ1n) is 7.04. The molecule has 1 unspecified atom stereocenters. The predicted octanol–water partition coefficient (Wildman–Crippen LogP) is 2.11. The van der Waals surface area contributed by atoms with Gasteiger partial charge in [-0.05, 0) is 31.5 Å². The van der Waals surface area contributed by atoms with Crippen LogP contribution in [0.1, 0.15) is 40.3 Å². The van der Waals surface area contributed by atoms with Crippen molar-refractivity contribution in [2.45, 2.75) is 26.3 Å². The van der Waals surface area contributed by atoms with E-state index in [4.69, 9.17) is 9.26 Å². The summed E-state index contributed by atoms with van der Waals surface area (Å²) in [5.41, 5.74) is 1.06. The first-order chi connectivity index (χ1) is 10.9. The third-order valence-corrected chi connectivity index (χ3v) is 3.37. The number of aromatic nitrogens is 1. The van der Waals surface area contributed by atoms with Crippen molar-refractivity contribution in [2.75, 3.05) is 7.11 Å². The second kappa shape index (κ2) is 6.95. The van der Waals surface area contributed by atoms with E-state index in [0.717, 1.165) is 5.56 Å². The molecule has 0 radical (unpaired) electrons. The summed E-state index contributed by atoms with van der Waals surface area (Å²) in [6.07, 6.45) is 0.150. The van der Waals surface area contributed by atoms with Crippen molar-refractivity contribution in [1.29, 1.82) is 0 Å². The van der Waals surface area contributed by atoms with Crippen molar-refractivity contribution < 1.29 is 24.0 Å². The number of nitrogens with zero attached hydrogens (tertiary/aromatic N) is 1. The number of benzene rings is 1. The topological polar surface area (TPSA) is 102 Å². The second-order valence-electron chi connectivity index (χ2n) is 5.13. The van der Waals surface area contributed by atoms with Gasteiger partial charge in [-0.25, -0.2) is 4.79 Å². The average molecular weight is 318 g/mol. The van der Waals surface area contributed by atoms with Crippen molar-refractivity contribution in [3.8, 4) is 5.75 Å². The highest BCUT2D eigenvalue weighted by Gasteiger charge is 2.25. The number of carboxylic acid groups (broad SMARTS) is 1. The molecule has 0 aliphatic heterocycles. The van der Waals surface area contributed by atoms with Crippen molar-refractivity contribution in [3.63, 3.8) is 0 Å². The van der Waals surface area contributed by atoms with E-state index in [-0.39, 0.29) is 29.3 Å². The molecule has 122 valence electrons. The minimum atomic E-state index is -1.13. The largest absolute Gasteiger partial charge is 0.497 e. The Hall–Kier alpha value is -2.83. The molecule has 1 aromatic carbocycles. The van der Waals surface area contributed by atoms with Crippen molar-refractivity contribution >= 4 is 11.9 Å². The summed E-state index contributed by atoms with van der Waals surface area (Å²) in [5, 5.41) is 15.5. The fourth-order valence-corrected chi connectivity index (χ4v) is 2.27. The van der Waals surface area contributed by atoms with Crippen LogP contribution in [-0.2, 0) is 11.2 Å². The van der Waals surface area contributed by atoms with E-state index in [1.807, 2.05) is 6.07 Å². The van der Waals surface area contributed by atoms with E-state index < -0.39 is 12.0 Å². The molecule has 1 heterocycles. The van der Waals surface area contributed by atoms with Crippen LogP contribution in [0, 0.1) is 6.92 Å². The van der Waals surface area contributed by atoms with Crippen LogP contribution < -0.4 is 10.1 Å². The zero-order valence-corrected chi connectivity index (χ0v) is 13.1. The molecule has 0 aliphatic rings. The molecule has 2 aromatic rings. The quantitative estimate of drug-likeness (QED) is 0.846. The number of hydrogen-bond acceptors (Lipinski definition) is 5. The molecular weight excluding hydrogens is 300 g/mol. The fourth-order valence-electron chi connectivity index (χ4n) is 2.27. The number of aryl methyl sites for hydroxylation is 1. The normalized spacial score (nSPS) is 11.8. The molecule has 2 rings (SSSR count). The zero-order valence-electron chi connectivity index (χ0n) is 13.1. The number of methoxy groups -OCH3 is 1. The van der Waals surface area contributed by atoms with E-state index in [9.17, 15) is 14.7 Å². The van der Waals surface area contributed by atoms with Gasteiger partial charge in [-0.2, -0.15) is 0 Å². The standard InChI is InChI=1S/C16H18N2O5/c1-9-14(16(20)21)15(23-18-9)10(2)17-13(19)8-11-5-4-6-12(7-11)22-3/h4-7,10H,8H2,1-3H3,(H,17,19)(H,20,21). The number of rotatable bonds is 6. The van der Waals surface area contributed by atoms with E-state index in [1.165, 1.54) is 0 Å². The molecule has 1 atom stereocenters. The summed E-state index contributed by atoms with van der Waals surface area (Å²) < 4.78 is 10.2. The van der Waals surface area contributed by atoms with Crippen LogP contribution in [0.3, 0.4) is 0 Å². The Morgan fingerprint density at radius 1 is 1.43 bits per heavy atom. The first kappa shape index (κ1) is 16.5. The molecule has 0 spiro atoms. The molecular formula is C16H18N2O5. The second-order valence-corrected chi connectivity index (χ2v) is 5.13. The number of aromatic carboxylic acids is 1. The molecule has 7 heteroatoms. The molecule has 1 aromatic heterocycles. The smallest absolute Gasteiger partial charge is 0.341 e. The molecule has 7 nitrogen and oxygen atoms in total. The molecule has 0 fully saturated rings. The van der Waals surface area contributed by atoms with Crippen LogP contribution in [-0.4, -0.2) is 29.2 Å². The number of hydrogen-bond donors (Lipinski definition) is 2. The SMILES string of the molecule is COc1cccc(CC(=O)NC(C)c2onc(C)c2C(=O)O)c1. The predicted molar refractivity (Wildman–Crippen MR) is 81.5 cm³/mol. The van der Waals surface area contributed by atoms with Gasteiger partial charge in [0.15, 0.2) is 5.76 Å². The van der Waals surface area contributed by atoms with Crippen LogP contribution in [0.2, 0.25) is 0 Å². The lowest BCUT2D eigenvalue weighted by molar-refractivity contribution is -0.121. The Labute approximate surface area is 133 Å². The number of ether oxygens (including phenoxy) is 1. The van der Waals surface area contributed by atoms with Gasteiger partial charge in [0.05, 0.1) is 25.3 Å².